The van der Waals surface area contributed by atoms with Crippen molar-refractivity contribution in [3.63, 3.8) is 0 Å². The van der Waals surface area contributed by atoms with Crippen molar-refractivity contribution in [2.45, 2.75) is 0 Å². The summed E-state index contributed by atoms with van der Waals surface area (Å²) in [7, 11) is 0. The Morgan fingerprint density at radius 2 is 1.50 bits per heavy atom. The first-order chi connectivity index (χ1) is 7.59. The number of ketones is 4. The van der Waals surface area contributed by atoms with Crippen LogP contribution in [0, 0.1) is 0 Å². The summed E-state index contributed by atoms with van der Waals surface area (Å²) in [5.41, 5.74) is -0.0367. The van der Waals surface area contributed by atoms with Crippen molar-refractivity contribution in [3.05, 3.63) is 47.6 Å². The van der Waals surface area contributed by atoms with Crippen LogP contribution in [0.1, 0.15) is 0 Å². The molecular weight excluding hydrogens is 208 g/mol. The van der Waals surface area contributed by atoms with Gasteiger partial charge in [-0.1, -0.05) is 12.2 Å². The van der Waals surface area contributed by atoms with Crippen molar-refractivity contribution in [3.8, 4) is 0 Å². The van der Waals surface area contributed by atoms with Crippen molar-refractivity contribution in [2.75, 3.05) is 0 Å². The van der Waals surface area contributed by atoms with Gasteiger partial charge >= 0.3 is 0 Å². The molecule has 0 N–H and O–H groups in total. The van der Waals surface area contributed by atoms with E-state index in [0.29, 0.717) is 0 Å². The third-order valence-electron chi connectivity index (χ3n) is 2.22. The Balaban J connectivity index is 2.46. The lowest BCUT2D eigenvalue weighted by molar-refractivity contribution is -0.131. The molecule has 0 bridgehead atoms. The lowest BCUT2D eigenvalue weighted by atomic mass is 9.89. The highest BCUT2D eigenvalue weighted by molar-refractivity contribution is 6.50. The first-order valence-electron chi connectivity index (χ1n) is 4.55. The molecule has 0 radical (unpaired) electrons. The summed E-state index contributed by atoms with van der Waals surface area (Å²) < 4.78 is 0. The lowest BCUT2D eigenvalue weighted by Gasteiger charge is -2.10. The van der Waals surface area contributed by atoms with Gasteiger partial charge in [-0.2, -0.15) is 0 Å². The van der Waals surface area contributed by atoms with Crippen molar-refractivity contribution in [1.29, 1.82) is 0 Å². The molecule has 0 amide bonds. The minimum absolute atomic E-state index is 0.0183. The molecule has 0 aliphatic heterocycles. The number of hydrogen-bond donors (Lipinski definition) is 0. The van der Waals surface area contributed by atoms with E-state index in [4.69, 9.17) is 0 Å². The smallest absolute Gasteiger partial charge is 0.233 e. The minimum Gasteiger partial charge on any atom is -0.290 e. The molecule has 0 aromatic rings. The number of carbonyl (C=O) groups is 4. The van der Waals surface area contributed by atoms with Gasteiger partial charge < -0.3 is 0 Å². The van der Waals surface area contributed by atoms with Gasteiger partial charge in [0.25, 0.3) is 0 Å². The molecule has 0 heterocycles. The van der Waals surface area contributed by atoms with Crippen LogP contribution in [0.5, 0.6) is 0 Å². The number of hydrogen-bond acceptors (Lipinski definition) is 4. The molecule has 0 fully saturated rings. The Labute approximate surface area is 90.6 Å². The average molecular weight is 214 g/mol. The Kier molecular flexibility index (Phi) is 2.32. The zero-order valence-corrected chi connectivity index (χ0v) is 8.10. The molecule has 0 saturated heterocycles. The quantitative estimate of drug-likeness (QED) is 0.356. The van der Waals surface area contributed by atoms with E-state index >= 15 is 0 Å². The first-order valence-corrected chi connectivity index (χ1v) is 4.55. The maximum atomic E-state index is 11.5. The normalized spacial score (nSPS) is 20.0. The zero-order valence-electron chi connectivity index (χ0n) is 8.10. The highest BCUT2D eigenvalue weighted by Crippen LogP contribution is 2.19. The summed E-state index contributed by atoms with van der Waals surface area (Å²) in [6.07, 6.45) is 7.15. The van der Waals surface area contributed by atoms with Crippen molar-refractivity contribution in [1.82, 2.24) is 0 Å². The fourth-order valence-electron chi connectivity index (χ4n) is 1.45. The molecule has 0 aromatic carbocycles. The van der Waals surface area contributed by atoms with Gasteiger partial charge in [-0.25, -0.2) is 0 Å². The van der Waals surface area contributed by atoms with Gasteiger partial charge in [0.15, 0.2) is 11.6 Å². The van der Waals surface area contributed by atoms with Gasteiger partial charge in [-0.15, -0.1) is 0 Å². The van der Waals surface area contributed by atoms with E-state index in [2.05, 4.69) is 0 Å². The minimum atomic E-state index is -0.759. The summed E-state index contributed by atoms with van der Waals surface area (Å²) in [5, 5.41) is 0. The Morgan fingerprint density at radius 1 is 0.750 bits per heavy atom. The molecule has 0 aromatic heterocycles. The third-order valence-corrected chi connectivity index (χ3v) is 2.22. The number of carbonyl (C=O) groups excluding carboxylic acids is 4. The van der Waals surface area contributed by atoms with Gasteiger partial charge in [-0.05, 0) is 24.3 Å². The summed E-state index contributed by atoms with van der Waals surface area (Å²) in [6, 6.07) is 0. The van der Waals surface area contributed by atoms with E-state index in [0.717, 1.165) is 24.3 Å². The van der Waals surface area contributed by atoms with Crippen LogP contribution in [0.15, 0.2) is 47.6 Å². The van der Waals surface area contributed by atoms with Crippen molar-refractivity contribution >= 4 is 23.1 Å². The second-order valence-corrected chi connectivity index (χ2v) is 3.29. The van der Waals surface area contributed by atoms with E-state index in [9.17, 15) is 19.2 Å². The molecule has 4 heteroatoms. The fourth-order valence-corrected chi connectivity index (χ4v) is 1.45. The fraction of sp³-hybridized carbons (Fsp3) is 0. The average Bonchev–Trinajstić information content (AvgIpc) is 2.26. The Morgan fingerprint density at radius 3 is 2.25 bits per heavy atom. The predicted octanol–water partition coefficient (Wildman–Crippen LogP) is 0.255. The molecule has 2 aliphatic carbocycles. The molecule has 0 spiro atoms. The number of allylic oxidation sites excluding steroid dienone is 8. The van der Waals surface area contributed by atoms with Gasteiger partial charge in [0.2, 0.25) is 11.6 Å². The van der Waals surface area contributed by atoms with Crippen LogP contribution >= 0.6 is 0 Å². The van der Waals surface area contributed by atoms with Crippen molar-refractivity contribution < 1.29 is 19.2 Å². The molecule has 2 rings (SSSR count). The third kappa shape index (κ3) is 1.61. The van der Waals surface area contributed by atoms with Gasteiger partial charge in [0, 0.05) is 11.1 Å². The molecule has 4 nitrogen and oxygen atoms in total. The van der Waals surface area contributed by atoms with Crippen LogP contribution in [-0.4, -0.2) is 23.1 Å². The number of Topliss-reactive ketones (excluding diaryl/α,β-unsaturated/α-hetero) is 1. The summed E-state index contributed by atoms with van der Waals surface area (Å²) >= 11 is 0. The largest absolute Gasteiger partial charge is 0.290 e. The molecular formula is C12H6O4. The van der Waals surface area contributed by atoms with E-state index in [1.54, 1.807) is 0 Å². The monoisotopic (exact) mass is 214 g/mol. The summed E-state index contributed by atoms with van der Waals surface area (Å²) in [6.45, 7) is 0. The van der Waals surface area contributed by atoms with Crippen LogP contribution < -0.4 is 0 Å². The van der Waals surface area contributed by atoms with Crippen LogP contribution in [0.4, 0.5) is 0 Å². The van der Waals surface area contributed by atoms with Crippen LogP contribution in [0.3, 0.4) is 0 Å². The Hall–Kier alpha value is -2.36. The second-order valence-electron chi connectivity index (χ2n) is 3.29. The van der Waals surface area contributed by atoms with Crippen LogP contribution in [-0.2, 0) is 19.2 Å². The molecule has 2 aliphatic rings. The van der Waals surface area contributed by atoms with Gasteiger partial charge in [0.05, 0.1) is 0 Å². The predicted molar refractivity (Wildman–Crippen MR) is 54.5 cm³/mol. The highest BCUT2D eigenvalue weighted by Gasteiger charge is 2.26. The SMILES string of the molecule is O=C1C=CC(=O)C(C2=CC=CC(=O)C2=O)=C1. The van der Waals surface area contributed by atoms with Crippen LogP contribution in [0.25, 0.3) is 0 Å². The Bertz CT molecular complexity index is 541. The van der Waals surface area contributed by atoms with E-state index in [1.807, 2.05) is 0 Å². The van der Waals surface area contributed by atoms with E-state index in [1.165, 1.54) is 12.2 Å². The van der Waals surface area contributed by atoms with Gasteiger partial charge in [-0.3, -0.25) is 19.2 Å². The second kappa shape index (κ2) is 3.66. The van der Waals surface area contributed by atoms with E-state index in [-0.39, 0.29) is 16.9 Å². The van der Waals surface area contributed by atoms with E-state index < -0.39 is 17.3 Å². The molecule has 16 heavy (non-hydrogen) atoms. The van der Waals surface area contributed by atoms with Crippen molar-refractivity contribution in [2.24, 2.45) is 0 Å². The highest BCUT2D eigenvalue weighted by atomic mass is 16.2. The molecule has 0 atom stereocenters. The molecule has 78 valence electrons. The number of rotatable bonds is 1. The molecule has 0 unspecified atom stereocenters. The zero-order chi connectivity index (χ0) is 11.7. The topological polar surface area (TPSA) is 68.3 Å². The maximum absolute atomic E-state index is 11.5. The van der Waals surface area contributed by atoms with Crippen LogP contribution in [0.2, 0.25) is 0 Å². The molecule has 0 saturated carbocycles. The van der Waals surface area contributed by atoms with Gasteiger partial charge in [0.1, 0.15) is 0 Å². The standard InChI is InChI=1S/C12H6O4/c13-7-4-5-10(14)9(6-7)8-2-1-3-11(15)12(8)16/h1-6H. The summed E-state index contributed by atoms with van der Waals surface area (Å²) in [5.74, 6) is -2.26. The maximum Gasteiger partial charge on any atom is 0.233 e. The summed E-state index contributed by atoms with van der Waals surface area (Å²) in [4.78, 5) is 45.1. The first kappa shape index (κ1) is 10.2. The lowest BCUT2D eigenvalue weighted by Crippen LogP contribution is -2.22.